The summed E-state index contributed by atoms with van der Waals surface area (Å²) in [6.45, 7) is 5.08. The molecule has 0 atom stereocenters. The number of hydrogen-bond donors (Lipinski definition) is 2. The highest BCUT2D eigenvalue weighted by Gasteiger charge is 2.25. The molecule has 0 unspecified atom stereocenters. The predicted molar refractivity (Wildman–Crippen MR) is 143 cm³/mol. The van der Waals surface area contributed by atoms with Gasteiger partial charge in [0.15, 0.2) is 0 Å². The molecule has 4 rings (SSSR count). The normalized spacial score (nSPS) is 17.7. The van der Waals surface area contributed by atoms with Crippen molar-refractivity contribution in [1.29, 1.82) is 0 Å². The third-order valence-electron chi connectivity index (χ3n) is 6.59. The van der Waals surface area contributed by atoms with Gasteiger partial charge in [-0.3, -0.25) is 14.4 Å². The van der Waals surface area contributed by atoms with Gasteiger partial charge in [-0.05, 0) is 86.7 Å². The van der Waals surface area contributed by atoms with E-state index in [0.29, 0.717) is 17.4 Å². The molecule has 0 spiro atoms. The van der Waals surface area contributed by atoms with Crippen molar-refractivity contribution in [3.05, 3.63) is 54.1 Å². The van der Waals surface area contributed by atoms with Crippen LogP contribution >= 0.6 is 12.4 Å². The fourth-order valence-corrected chi connectivity index (χ4v) is 5.12. The Labute approximate surface area is 220 Å². The number of anilines is 1. The van der Waals surface area contributed by atoms with E-state index in [0.717, 1.165) is 77.1 Å². The molecule has 0 radical (unpaired) electrons. The van der Waals surface area contributed by atoms with Crippen molar-refractivity contribution < 1.29 is 22.7 Å². The summed E-state index contributed by atoms with van der Waals surface area (Å²) >= 11 is 0. The average Bonchev–Trinajstić information content (AvgIpc) is 2.85. The maximum atomic E-state index is 12.6. The summed E-state index contributed by atoms with van der Waals surface area (Å²) in [6.07, 6.45) is 4.98. The molecule has 0 saturated carbocycles. The number of likely N-dealkylation sites (tertiary alicyclic amines) is 1. The van der Waals surface area contributed by atoms with Gasteiger partial charge in [-0.2, -0.15) is 0 Å². The molecule has 2 aliphatic rings. The fourth-order valence-electron chi connectivity index (χ4n) is 4.56. The number of benzene rings is 2. The number of ether oxygens (including phenoxy) is 2. The zero-order valence-corrected chi connectivity index (χ0v) is 22.3. The van der Waals surface area contributed by atoms with Gasteiger partial charge in [-0.1, -0.05) is 12.1 Å². The molecule has 198 valence electrons. The number of halogens is 1. The van der Waals surface area contributed by atoms with Crippen LogP contribution in [-0.4, -0.2) is 58.3 Å². The molecular formula is C26H36ClN3O5S. The Kier molecular flexibility index (Phi) is 10.4. The molecule has 2 aromatic carbocycles. The third-order valence-corrected chi connectivity index (χ3v) is 7.19. The molecule has 10 heteroatoms. The van der Waals surface area contributed by atoms with Crippen molar-refractivity contribution in [2.45, 2.75) is 32.2 Å². The molecule has 8 nitrogen and oxygen atoms in total. The predicted octanol–water partition coefficient (Wildman–Crippen LogP) is 4.03. The molecular weight excluding hydrogens is 502 g/mol. The first-order chi connectivity index (χ1) is 16.8. The van der Waals surface area contributed by atoms with Gasteiger partial charge in [0.25, 0.3) is 0 Å². The fraction of sp³-hybridized carbons (Fsp3) is 0.500. The van der Waals surface area contributed by atoms with Crippen LogP contribution in [0.25, 0.3) is 0 Å². The lowest BCUT2D eigenvalue weighted by Gasteiger charge is -2.32. The number of hydrogen-bond acceptors (Lipinski definition) is 6. The molecule has 1 amide bonds. The maximum Gasteiger partial charge on any atom is 0.229 e. The lowest BCUT2D eigenvalue weighted by molar-refractivity contribution is -0.126. The Hall–Kier alpha value is -2.33. The van der Waals surface area contributed by atoms with Crippen LogP contribution in [-0.2, 0) is 26.1 Å². The highest BCUT2D eigenvalue weighted by atomic mass is 35.5. The van der Waals surface area contributed by atoms with Crippen LogP contribution < -0.4 is 14.8 Å². The quantitative estimate of drug-likeness (QED) is 0.501. The molecule has 2 aromatic rings. The first-order valence-corrected chi connectivity index (χ1v) is 14.2. The smallest absolute Gasteiger partial charge is 0.229 e. The van der Waals surface area contributed by atoms with Crippen molar-refractivity contribution in [1.82, 2.24) is 10.2 Å². The molecule has 2 saturated heterocycles. The van der Waals surface area contributed by atoms with Crippen LogP contribution in [0.3, 0.4) is 0 Å². The van der Waals surface area contributed by atoms with E-state index in [2.05, 4.69) is 27.1 Å². The Morgan fingerprint density at radius 2 is 1.56 bits per heavy atom. The first kappa shape index (κ1) is 28.2. The van der Waals surface area contributed by atoms with Crippen LogP contribution in [0.1, 0.15) is 31.2 Å². The lowest BCUT2D eigenvalue weighted by atomic mass is 9.94. The second-order valence-corrected chi connectivity index (χ2v) is 11.2. The monoisotopic (exact) mass is 537 g/mol. The average molecular weight is 538 g/mol. The summed E-state index contributed by atoms with van der Waals surface area (Å²) < 4.78 is 36.3. The van der Waals surface area contributed by atoms with Crippen molar-refractivity contribution in [3.63, 3.8) is 0 Å². The molecule has 2 N–H and O–H groups in total. The van der Waals surface area contributed by atoms with Crippen molar-refractivity contribution in [2.75, 3.05) is 43.8 Å². The molecule has 0 bridgehead atoms. The third kappa shape index (κ3) is 8.96. The highest BCUT2D eigenvalue weighted by molar-refractivity contribution is 7.92. The first-order valence-electron chi connectivity index (χ1n) is 12.3. The van der Waals surface area contributed by atoms with E-state index in [1.165, 1.54) is 5.56 Å². The van der Waals surface area contributed by atoms with E-state index < -0.39 is 10.0 Å². The minimum absolute atomic E-state index is 0. The van der Waals surface area contributed by atoms with Crippen LogP contribution in [0, 0.1) is 11.8 Å². The number of sulfonamides is 1. The van der Waals surface area contributed by atoms with Crippen molar-refractivity contribution in [2.24, 2.45) is 11.8 Å². The minimum Gasteiger partial charge on any atom is -0.457 e. The van der Waals surface area contributed by atoms with Gasteiger partial charge in [-0.15, -0.1) is 12.4 Å². The van der Waals surface area contributed by atoms with Crippen molar-refractivity contribution >= 4 is 34.0 Å². The van der Waals surface area contributed by atoms with Gasteiger partial charge in [0.05, 0.1) is 6.26 Å². The van der Waals surface area contributed by atoms with Crippen LogP contribution in [0.15, 0.2) is 48.5 Å². The number of rotatable bonds is 9. The topological polar surface area (TPSA) is 97.0 Å². The van der Waals surface area contributed by atoms with E-state index in [9.17, 15) is 13.2 Å². The highest BCUT2D eigenvalue weighted by Crippen LogP contribution is 2.25. The van der Waals surface area contributed by atoms with Gasteiger partial charge in [0.2, 0.25) is 15.9 Å². The number of carbonyl (C=O) groups excluding carboxylic acids is 1. The zero-order valence-electron chi connectivity index (χ0n) is 20.6. The van der Waals surface area contributed by atoms with E-state index in [4.69, 9.17) is 9.47 Å². The summed E-state index contributed by atoms with van der Waals surface area (Å²) in [5, 5.41) is 3.17. The summed E-state index contributed by atoms with van der Waals surface area (Å²) in [5.74, 6) is 2.22. The molecule has 36 heavy (non-hydrogen) atoms. The van der Waals surface area contributed by atoms with E-state index >= 15 is 0 Å². The van der Waals surface area contributed by atoms with Gasteiger partial charge < -0.3 is 14.8 Å². The Balaban J connectivity index is 0.00000361. The van der Waals surface area contributed by atoms with Crippen LogP contribution in [0.5, 0.6) is 11.5 Å². The minimum atomic E-state index is -3.30. The molecule has 0 aliphatic carbocycles. The molecule has 2 fully saturated rings. The number of nitrogens with one attached hydrogen (secondary N) is 2. The maximum absolute atomic E-state index is 12.6. The lowest BCUT2D eigenvalue weighted by Crippen LogP contribution is -2.41. The van der Waals surface area contributed by atoms with Crippen LogP contribution in [0.2, 0.25) is 0 Å². The molecule has 2 heterocycles. The van der Waals surface area contributed by atoms with E-state index in [-0.39, 0.29) is 24.2 Å². The van der Waals surface area contributed by atoms with Crippen LogP contribution in [0.4, 0.5) is 5.69 Å². The number of piperidine rings is 1. The Morgan fingerprint density at radius 1 is 0.972 bits per heavy atom. The summed E-state index contributed by atoms with van der Waals surface area (Å²) in [7, 11) is -3.30. The summed E-state index contributed by atoms with van der Waals surface area (Å²) in [4.78, 5) is 15.0. The van der Waals surface area contributed by atoms with E-state index in [1.54, 1.807) is 24.3 Å². The standard InChI is InChI=1S/C26H35N3O5S.ClH/c1-35(31,32)28-23-4-8-25(9-5-23)34-24-6-2-21(3-7-24)19-29-14-10-22(11-15-29)26(30)27-18-20-12-16-33-17-13-20;/h2-9,20,22,28H,10-19H2,1H3,(H,27,30);1H. The SMILES string of the molecule is CS(=O)(=O)Nc1ccc(Oc2ccc(CN3CCC(C(=O)NCC4CCOCC4)CC3)cc2)cc1.Cl. The van der Waals surface area contributed by atoms with Gasteiger partial charge >= 0.3 is 0 Å². The van der Waals surface area contributed by atoms with Crippen molar-refractivity contribution in [3.8, 4) is 11.5 Å². The summed E-state index contributed by atoms with van der Waals surface area (Å²) in [5.41, 5.74) is 1.70. The zero-order chi connectivity index (χ0) is 24.7. The Morgan fingerprint density at radius 3 is 2.14 bits per heavy atom. The number of nitrogens with zero attached hydrogens (tertiary/aromatic N) is 1. The van der Waals surface area contributed by atoms with Gasteiger partial charge in [-0.25, -0.2) is 8.42 Å². The van der Waals surface area contributed by atoms with Gasteiger partial charge in [0, 0.05) is 37.9 Å². The largest absolute Gasteiger partial charge is 0.457 e. The number of carbonyl (C=O) groups is 1. The number of amides is 1. The van der Waals surface area contributed by atoms with E-state index in [1.807, 2.05) is 12.1 Å². The van der Waals surface area contributed by atoms with Gasteiger partial charge in [0.1, 0.15) is 11.5 Å². The second-order valence-electron chi connectivity index (χ2n) is 9.50. The molecule has 0 aromatic heterocycles. The second kappa shape index (κ2) is 13.3. The summed E-state index contributed by atoms with van der Waals surface area (Å²) in [6, 6.07) is 14.8. The Bertz CT molecular complexity index is 1070. The molecule has 2 aliphatic heterocycles.